The number of piperidine rings is 1. The number of nitrogens with zero attached hydrogens (tertiary/aromatic N) is 1. The molecule has 0 aromatic heterocycles. The molecule has 0 spiro atoms. The molecule has 0 saturated carbocycles. The molecule has 1 aliphatic heterocycles. The number of likely N-dealkylation sites (tertiary alicyclic amines) is 1. The molecule has 1 amide bonds. The Balaban J connectivity index is 1.80. The number of carbonyl (C=O) groups excluding carboxylic acids is 1. The molecular formula is C17H26N2O2. The van der Waals surface area contributed by atoms with Crippen molar-refractivity contribution in [1.29, 1.82) is 0 Å². The van der Waals surface area contributed by atoms with E-state index in [9.17, 15) is 4.79 Å². The van der Waals surface area contributed by atoms with E-state index >= 15 is 0 Å². The van der Waals surface area contributed by atoms with Crippen molar-refractivity contribution in [2.45, 2.75) is 38.8 Å². The van der Waals surface area contributed by atoms with Crippen molar-refractivity contribution in [2.24, 2.45) is 0 Å². The first-order valence-electron chi connectivity index (χ1n) is 7.81. The summed E-state index contributed by atoms with van der Waals surface area (Å²) in [6, 6.07) is 8.24. The lowest BCUT2D eigenvalue weighted by atomic mass is 10.0. The van der Waals surface area contributed by atoms with Gasteiger partial charge in [-0.15, -0.1) is 0 Å². The summed E-state index contributed by atoms with van der Waals surface area (Å²) in [7, 11) is 1.66. The first-order valence-corrected chi connectivity index (χ1v) is 7.81. The molecule has 0 unspecified atom stereocenters. The highest BCUT2D eigenvalue weighted by atomic mass is 16.5. The van der Waals surface area contributed by atoms with Gasteiger partial charge < -0.3 is 10.1 Å². The average molecular weight is 290 g/mol. The number of rotatable bonds is 6. The van der Waals surface area contributed by atoms with E-state index in [1.54, 1.807) is 7.11 Å². The number of hydrogen-bond acceptors (Lipinski definition) is 3. The number of hydrogen-bond donors (Lipinski definition) is 1. The van der Waals surface area contributed by atoms with Crippen LogP contribution in [0.15, 0.2) is 24.3 Å². The first kappa shape index (κ1) is 16.0. The molecule has 2 rings (SSSR count). The Morgan fingerprint density at radius 2 is 2.29 bits per heavy atom. The van der Waals surface area contributed by atoms with Crippen LogP contribution in [0, 0.1) is 0 Å². The normalized spacial score (nSPS) is 19.4. The molecule has 21 heavy (non-hydrogen) atoms. The summed E-state index contributed by atoms with van der Waals surface area (Å²) in [6.45, 7) is 5.60. The zero-order chi connectivity index (χ0) is 15.1. The summed E-state index contributed by atoms with van der Waals surface area (Å²) in [5.41, 5.74) is 1.73. The zero-order valence-corrected chi connectivity index (χ0v) is 13.1. The lowest BCUT2D eigenvalue weighted by molar-refractivity contribution is 0.0938. The average Bonchev–Trinajstić information content (AvgIpc) is 2.50. The number of ether oxygens (including phenoxy) is 1. The maximum absolute atomic E-state index is 12.2. The van der Waals surface area contributed by atoms with Crippen LogP contribution in [-0.4, -0.2) is 43.6 Å². The minimum Gasteiger partial charge on any atom is -0.380 e. The van der Waals surface area contributed by atoms with Gasteiger partial charge in [-0.25, -0.2) is 0 Å². The van der Waals surface area contributed by atoms with E-state index in [-0.39, 0.29) is 5.91 Å². The third-order valence-corrected chi connectivity index (χ3v) is 4.13. The molecule has 0 aliphatic carbocycles. The number of carbonyl (C=O) groups is 1. The topological polar surface area (TPSA) is 41.6 Å². The molecule has 1 fully saturated rings. The maximum atomic E-state index is 12.2. The smallest absolute Gasteiger partial charge is 0.251 e. The molecule has 0 bridgehead atoms. The molecule has 0 radical (unpaired) electrons. The van der Waals surface area contributed by atoms with Crippen molar-refractivity contribution in [3.63, 3.8) is 0 Å². The summed E-state index contributed by atoms with van der Waals surface area (Å²) in [4.78, 5) is 14.6. The van der Waals surface area contributed by atoms with Gasteiger partial charge in [0.05, 0.1) is 6.61 Å². The number of benzene rings is 1. The highest BCUT2D eigenvalue weighted by Crippen LogP contribution is 2.15. The van der Waals surface area contributed by atoms with Gasteiger partial charge in [0.25, 0.3) is 5.91 Å². The highest BCUT2D eigenvalue weighted by Gasteiger charge is 2.17. The van der Waals surface area contributed by atoms with Crippen LogP contribution in [0.3, 0.4) is 0 Å². The predicted molar refractivity (Wildman–Crippen MR) is 84.4 cm³/mol. The minimum atomic E-state index is -0.00221. The number of amides is 1. The van der Waals surface area contributed by atoms with Crippen molar-refractivity contribution in [3.05, 3.63) is 35.4 Å². The van der Waals surface area contributed by atoms with Gasteiger partial charge >= 0.3 is 0 Å². The quantitative estimate of drug-likeness (QED) is 0.875. The van der Waals surface area contributed by atoms with Crippen LogP contribution in [0.2, 0.25) is 0 Å². The second-order valence-corrected chi connectivity index (χ2v) is 5.77. The van der Waals surface area contributed by atoms with Crippen LogP contribution < -0.4 is 5.32 Å². The third-order valence-electron chi connectivity index (χ3n) is 4.13. The molecule has 1 aromatic rings. The summed E-state index contributed by atoms with van der Waals surface area (Å²) < 4.78 is 5.10. The molecule has 1 N–H and O–H groups in total. The maximum Gasteiger partial charge on any atom is 0.251 e. The van der Waals surface area contributed by atoms with Crippen LogP contribution in [0.5, 0.6) is 0 Å². The van der Waals surface area contributed by atoms with Crippen molar-refractivity contribution >= 4 is 5.91 Å². The van der Waals surface area contributed by atoms with Gasteiger partial charge in [0.15, 0.2) is 0 Å². The van der Waals surface area contributed by atoms with Crippen LogP contribution in [-0.2, 0) is 11.3 Å². The van der Waals surface area contributed by atoms with E-state index in [1.165, 1.54) is 19.3 Å². The van der Waals surface area contributed by atoms with E-state index < -0.39 is 0 Å². The Bertz CT molecular complexity index is 462. The highest BCUT2D eigenvalue weighted by molar-refractivity contribution is 5.94. The molecule has 4 heteroatoms. The Kier molecular flexibility index (Phi) is 6.21. The van der Waals surface area contributed by atoms with E-state index in [1.807, 2.05) is 24.3 Å². The standard InChI is InChI=1S/C17H26N2O2/c1-14-6-3-4-10-19(14)11-9-18-17(20)16-8-5-7-15(12-16)13-21-2/h5,7-8,12,14H,3-4,6,9-11,13H2,1-2H3,(H,18,20)/t14-/m1/s1. The fourth-order valence-electron chi connectivity index (χ4n) is 2.87. The van der Waals surface area contributed by atoms with E-state index in [0.29, 0.717) is 24.8 Å². The zero-order valence-electron chi connectivity index (χ0n) is 13.1. The SMILES string of the molecule is COCc1cccc(C(=O)NCCN2CCCC[C@H]2C)c1. The van der Waals surface area contributed by atoms with Crippen molar-refractivity contribution in [3.8, 4) is 0 Å². The van der Waals surface area contributed by atoms with Crippen LogP contribution in [0.4, 0.5) is 0 Å². The van der Waals surface area contributed by atoms with Crippen LogP contribution in [0.25, 0.3) is 0 Å². The largest absolute Gasteiger partial charge is 0.380 e. The lowest BCUT2D eigenvalue weighted by Crippen LogP contribution is -2.42. The Morgan fingerprint density at radius 3 is 3.05 bits per heavy atom. The van der Waals surface area contributed by atoms with Gasteiger partial charge in [0.2, 0.25) is 0 Å². The van der Waals surface area contributed by atoms with Gasteiger partial charge in [-0.1, -0.05) is 18.6 Å². The molecule has 1 atom stereocenters. The molecule has 116 valence electrons. The van der Waals surface area contributed by atoms with Crippen LogP contribution in [0.1, 0.15) is 42.1 Å². The van der Waals surface area contributed by atoms with Gasteiger partial charge in [-0.05, 0) is 44.0 Å². The van der Waals surface area contributed by atoms with Crippen molar-refractivity contribution in [2.75, 3.05) is 26.7 Å². The molecule has 1 saturated heterocycles. The third kappa shape index (κ3) is 4.83. The van der Waals surface area contributed by atoms with Gasteiger partial charge in [0.1, 0.15) is 0 Å². The van der Waals surface area contributed by atoms with Crippen molar-refractivity contribution in [1.82, 2.24) is 10.2 Å². The molecule has 4 nitrogen and oxygen atoms in total. The fourth-order valence-corrected chi connectivity index (χ4v) is 2.87. The lowest BCUT2D eigenvalue weighted by Gasteiger charge is -2.33. The van der Waals surface area contributed by atoms with E-state index in [0.717, 1.165) is 18.7 Å². The Labute approximate surface area is 127 Å². The minimum absolute atomic E-state index is 0.00221. The van der Waals surface area contributed by atoms with Gasteiger partial charge in [0, 0.05) is 31.8 Å². The molecule has 1 heterocycles. The number of methoxy groups -OCH3 is 1. The fraction of sp³-hybridized carbons (Fsp3) is 0.588. The molecular weight excluding hydrogens is 264 g/mol. The Hall–Kier alpha value is -1.39. The van der Waals surface area contributed by atoms with Gasteiger partial charge in [-0.2, -0.15) is 0 Å². The second kappa shape index (κ2) is 8.15. The van der Waals surface area contributed by atoms with Gasteiger partial charge in [-0.3, -0.25) is 9.69 Å². The second-order valence-electron chi connectivity index (χ2n) is 5.77. The first-order chi connectivity index (χ1) is 10.2. The molecule has 1 aromatic carbocycles. The number of nitrogens with one attached hydrogen (secondary N) is 1. The predicted octanol–water partition coefficient (Wildman–Crippen LogP) is 2.44. The van der Waals surface area contributed by atoms with Crippen molar-refractivity contribution < 1.29 is 9.53 Å². The van der Waals surface area contributed by atoms with Crippen LogP contribution >= 0.6 is 0 Å². The van der Waals surface area contributed by atoms with E-state index in [2.05, 4.69) is 17.1 Å². The summed E-state index contributed by atoms with van der Waals surface area (Å²) >= 11 is 0. The Morgan fingerprint density at radius 1 is 1.43 bits per heavy atom. The molecule has 1 aliphatic rings. The summed E-state index contributed by atoms with van der Waals surface area (Å²) in [5, 5.41) is 3.01. The monoisotopic (exact) mass is 290 g/mol. The van der Waals surface area contributed by atoms with E-state index in [4.69, 9.17) is 4.74 Å². The summed E-state index contributed by atoms with van der Waals surface area (Å²) in [5.74, 6) is -0.00221. The summed E-state index contributed by atoms with van der Waals surface area (Å²) in [6.07, 6.45) is 3.88.